The van der Waals surface area contributed by atoms with E-state index < -0.39 is 57.5 Å². The van der Waals surface area contributed by atoms with Crippen LogP contribution in [0.15, 0.2) is 36.5 Å². The number of nitrogens with zero attached hydrogens (tertiary/aromatic N) is 2. The number of carbonyl (C=O) groups is 2. The predicted molar refractivity (Wildman–Crippen MR) is 128 cm³/mol. The topological polar surface area (TPSA) is 141 Å². The van der Waals surface area contributed by atoms with Gasteiger partial charge in [-0.2, -0.15) is 13.2 Å². The Hall–Kier alpha value is -3.30. The normalized spacial score (nSPS) is 21.2. The smallest absolute Gasteiger partial charge is 0.391 e. The van der Waals surface area contributed by atoms with Crippen LogP contribution in [0.2, 0.25) is 0 Å². The molecule has 0 spiro atoms. The van der Waals surface area contributed by atoms with Gasteiger partial charge in [0, 0.05) is 30.3 Å². The van der Waals surface area contributed by atoms with Crippen molar-refractivity contribution >= 4 is 33.5 Å². The average molecular weight is 560 g/mol. The lowest BCUT2D eigenvalue weighted by Crippen LogP contribution is -2.57. The van der Waals surface area contributed by atoms with Gasteiger partial charge >= 0.3 is 12.2 Å². The van der Waals surface area contributed by atoms with E-state index in [4.69, 9.17) is 0 Å². The number of anilines is 2. The fraction of sp³-hybridized carbons (Fsp3) is 0.435. The van der Waals surface area contributed by atoms with Gasteiger partial charge in [-0.3, -0.25) is 10.1 Å². The van der Waals surface area contributed by atoms with E-state index in [2.05, 4.69) is 15.0 Å². The first-order valence-electron chi connectivity index (χ1n) is 11.5. The minimum absolute atomic E-state index is 0.0478. The van der Waals surface area contributed by atoms with Crippen molar-refractivity contribution < 1.29 is 40.7 Å². The number of hydrogen-bond acceptors (Lipinski definition) is 6. The molecule has 206 valence electrons. The molecule has 1 aromatic heterocycles. The van der Waals surface area contributed by atoms with Crippen molar-refractivity contribution in [2.75, 3.05) is 29.6 Å². The van der Waals surface area contributed by atoms with Crippen LogP contribution in [0.4, 0.5) is 33.9 Å². The van der Waals surface area contributed by atoms with Crippen LogP contribution in [0.25, 0.3) is 0 Å². The Morgan fingerprint density at radius 3 is 2.45 bits per heavy atom. The van der Waals surface area contributed by atoms with Crippen LogP contribution in [-0.2, 0) is 26.4 Å². The van der Waals surface area contributed by atoms with Crippen molar-refractivity contribution in [3.63, 3.8) is 0 Å². The van der Waals surface area contributed by atoms with Crippen molar-refractivity contribution in [2.45, 2.75) is 43.0 Å². The Morgan fingerprint density at radius 2 is 1.89 bits per heavy atom. The monoisotopic (exact) mass is 559 g/mol. The van der Waals surface area contributed by atoms with Crippen LogP contribution in [0, 0.1) is 5.82 Å². The number of nitrogens with one attached hydrogen (secondary N) is 3. The molecule has 4 N–H and O–H groups in total. The minimum atomic E-state index is -4.81. The van der Waals surface area contributed by atoms with E-state index in [9.17, 15) is 40.7 Å². The molecule has 4 rings (SSSR count). The molecule has 38 heavy (non-hydrogen) atoms. The molecule has 2 aliphatic rings. The van der Waals surface area contributed by atoms with Gasteiger partial charge in [-0.05, 0) is 36.6 Å². The molecule has 0 bridgehead atoms. The number of carbonyl (C=O) groups excluding carboxylic acids is 2. The zero-order valence-electron chi connectivity index (χ0n) is 20.0. The van der Waals surface area contributed by atoms with Crippen molar-refractivity contribution in [3.05, 3.63) is 53.5 Å². The number of hydrogen-bond donors (Lipinski definition) is 4. The summed E-state index contributed by atoms with van der Waals surface area (Å²) in [5.41, 5.74) is -0.321. The number of amides is 3. The van der Waals surface area contributed by atoms with Crippen molar-refractivity contribution in [2.24, 2.45) is 0 Å². The highest BCUT2D eigenvalue weighted by Crippen LogP contribution is 2.48. The summed E-state index contributed by atoms with van der Waals surface area (Å²) in [5.74, 6) is -2.73. The molecule has 10 nitrogen and oxygen atoms in total. The third kappa shape index (κ3) is 6.39. The summed E-state index contributed by atoms with van der Waals surface area (Å²) in [6, 6.07) is 4.75. The Bertz CT molecular complexity index is 1330. The quantitative estimate of drug-likeness (QED) is 0.383. The van der Waals surface area contributed by atoms with Gasteiger partial charge in [0.15, 0.2) is 11.6 Å². The van der Waals surface area contributed by atoms with Gasteiger partial charge in [-0.15, -0.1) is 0 Å². The zero-order chi connectivity index (χ0) is 27.9. The molecule has 1 saturated carbocycles. The van der Waals surface area contributed by atoms with Crippen LogP contribution < -0.4 is 20.3 Å². The summed E-state index contributed by atoms with van der Waals surface area (Å²) in [6.45, 7) is 0.204. The molecule has 1 aliphatic heterocycles. The molecule has 1 aromatic carbocycles. The number of halogens is 4. The number of β-amino-alcohol motifs (C(OH)–C–C–N with tert-alkyl or cyclic N) is 1. The van der Waals surface area contributed by atoms with E-state index >= 15 is 0 Å². The standard InChI is InChI=1S/C23H25F4N5O5S/c1-38(36,37)29-12-22(6-7-22)13-2-4-15(5-3-13)32-11-16(33)9-18(20(32)34)30-21(35)31-19-17(24)8-14(10-28-19)23(25,26)27/h2-5,8,10,16,18,29,33H,6-7,9,11-12H2,1H3,(H2,28,30,31,35)/t16-,18-/m1/s1. The maximum Gasteiger partial charge on any atom is 0.417 e. The lowest BCUT2D eigenvalue weighted by Gasteiger charge is -2.35. The van der Waals surface area contributed by atoms with Crippen molar-refractivity contribution in [1.82, 2.24) is 15.0 Å². The lowest BCUT2D eigenvalue weighted by molar-refractivity contribution is -0.138. The number of sulfonamides is 1. The minimum Gasteiger partial charge on any atom is -0.391 e. The third-order valence-electron chi connectivity index (χ3n) is 6.49. The molecule has 0 radical (unpaired) electrons. The van der Waals surface area contributed by atoms with E-state index in [-0.39, 0.29) is 31.0 Å². The summed E-state index contributed by atoms with van der Waals surface area (Å²) < 4.78 is 77.5. The third-order valence-corrected chi connectivity index (χ3v) is 7.16. The van der Waals surface area contributed by atoms with Gasteiger partial charge in [-0.1, -0.05) is 12.1 Å². The Morgan fingerprint density at radius 1 is 1.24 bits per heavy atom. The van der Waals surface area contributed by atoms with Gasteiger partial charge < -0.3 is 15.3 Å². The Kier molecular flexibility index (Phi) is 7.38. The fourth-order valence-electron chi connectivity index (χ4n) is 4.26. The summed E-state index contributed by atoms with van der Waals surface area (Å²) in [7, 11) is -3.35. The Balaban J connectivity index is 1.42. The summed E-state index contributed by atoms with van der Waals surface area (Å²) in [4.78, 5) is 30.0. The second kappa shape index (κ2) is 10.1. The summed E-state index contributed by atoms with van der Waals surface area (Å²) >= 11 is 0. The molecule has 3 amide bonds. The number of aromatic nitrogens is 1. The SMILES string of the molecule is CS(=O)(=O)NCC1(c2ccc(N3C[C@H](O)C[C@@H](NC(=O)Nc4ncc(C(F)(F)F)cc4F)C3=O)cc2)CC1. The number of aliphatic hydroxyl groups excluding tert-OH is 1. The van der Waals surface area contributed by atoms with Crippen molar-refractivity contribution in [1.29, 1.82) is 0 Å². The first kappa shape index (κ1) is 27.7. The first-order valence-corrected chi connectivity index (χ1v) is 13.4. The second-order valence-electron chi connectivity index (χ2n) is 9.46. The molecule has 1 saturated heterocycles. The van der Waals surface area contributed by atoms with Gasteiger partial charge in [0.2, 0.25) is 15.9 Å². The van der Waals surface area contributed by atoms with Crippen LogP contribution >= 0.6 is 0 Å². The highest BCUT2D eigenvalue weighted by molar-refractivity contribution is 7.88. The van der Waals surface area contributed by atoms with Crippen molar-refractivity contribution in [3.8, 4) is 0 Å². The molecule has 2 atom stereocenters. The molecule has 15 heteroatoms. The predicted octanol–water partition coefficient (Wildman–Crippen LogP) is 2.11. The molecule has 0 unspecified atom stereocenters. The van der Waals surface area contributed by atoms with E-state index in [1.54, 1.807) is 24.3 Å². The molecule has 2 fully saturated rings. The van der Waals surface area contributed by atoms with E-state index in [1.807, 2.05) is 5.32 Å². The van der Waals surface area contributed by atoms with E-state index in [0.29, 0.717) is 11.9 Å². The van der Waals surface area contributed by atoms with Crippen LogP contribution in [0.5, 0.6) is 0 Å². The number of pyridine rings is 1. The highest BCUT2D eigenvalue weighted by atomic mass is 32.2. The summed E-state index contributed by atoms with van der Waals surface area (Å²) in [6.07, 6.45) is -2.91. The highest BCUT2D eigenvalue weighted by Gasteiger charge is 2.44. The van der Waals surface area contributed by atoms with Crippen LogP contribution in [0.1, 0.15) is 30.4 Å². The van der Waals surface area contributed by atoms with Crippen LogP contribution in [-0.4, -0.2) is 61.9 Å². The zero-order valence-corrected chi connectivity index (χ0v) is 20.9. The van der Waals surface area contributed by atoms with Gasteiger partial charge in [0.25, 0.3) is 0 Å². The lowest BCUT2D eigenvalue weighted by atomic mass is 9.95. The number of alkyl halides is 3. The molecule has 1 aliphatic carbocycles. The maximum absolute atomic E-state index is 14.0. The van der Waals surface area contributed by atoms with E-state index in [1.165, 1.54) is 4.90 Å². The number of urea groups is 1. The largest absolute Gasteiger partial charge is 0.417 e. The van der Waals surface area contributed by atoms with Gasteiger partial charge in [0.1, 0.15) is 6.04 Å². The number of piperidine rings is 1. The fourth-order valence-corrected chi connectivity index (χ4v) is 4.80. The maximum atomic E-state index is 14.0. The average Bonchev–Trinajstić information content (AvgIpc) is 3.61. The molecular formula is C23H25F4N5O5S. The molecule has 2 heterocycles. The number of benzene rings is 1. The second-order valence-corrected chi connectivity index (χ2v) is 11.3. The number of aliphatic hydroxyl groups is 1. The van der Waals surface area contributed by atoms with Gasteiger partial charge in [0.05, 0.1) is 24.5 Å². The van der Waals surface area contributed by atoms with E-state index in [0.717, 1.165) is 24.7 Å². The Labute approximate surface area is 215 Å². The molecular weight excluding hydrogens is 534 g/mol. The number of rotatable bonds is 7. The van der Waals surface area contributed by atoms with Gasteiger partial charge in [-0.25, -0.2) is 27.3 Å². The molecule has 2 aromatic rings. The first-order chi connectivity index (χ1) is 17.7. The van der Waals surface area contributed by atoms with Crippen LogP contribution in [0.3, 0.4) is 0 Å². The summed E-state index contributed by atoms with van der Waals surface area (Å²) in [5, 5.41) is 14.6.